The first kappa shape index (κ1) is 19.3. The number of hydrogen-bond acceptors (Lipinski definition) is 6. The zero-order valence-electron chi connectivity index (χ0n) is 16.2. The van der Waals surface area contributed by atoms with Crippen molar-refractivity contribution < 1.29 is 23.7 Å². The van der Waals surface area contributed by atoms with Gasteiger partial charge in [0.05, 0.1) is 33.6 Å². The van der Waals surface area contributed by atoms with E-state index in [2.05, 4.69) is 4.98 Å². The second-order valence-corrected chi connectivity index (χ2v) is 5.95. The molecule has 7 nitrogen and oxygen atoms in total. The summed E-state index contributed by atoms with van der Waals surface area (Å²) < 4.78 is 21.8. The van der Waals surface area contributed by atoms with Gasteiger partial charge in [-0.3, -0.25) is 4.79 Å². The van der Waals surface area contributed by atoms with Gasteiger partial charge in [0.15, 0.2) is 11.5 Å². The van der Waals surface area contributed by atoms with E-state index < -0.39 is 5.91 Å². The Balaban J connectivity index is 2.31. The van der Waals surface area contributed by atoms with Crippen LogP contribution in [0.15, 0.2) is 36.4 Å². The van der Waals surface area contributed by atoms with E-state index in [0.717, 1.165) is 10.8 Å². The largest absolute Gasteiger partial charge is 0.494 e. The summed E-state index contributed by atoms with van der Waals surface area (Å²) >= 11 is 0. The molecule has 1 heterocycles. The van der Waals surface area contributed by atoms with Crippen LogP contribution in [0.4, 0.5) is 0 Å². The normalized spacial score (nSPS) is 10.6. The van der Waals surface area contributed by atoms with Crippen molar-refractivity contribution in [1.82, 2.24) is 4.98 Å². The molecule has 0 atom stereocenters. The van der Waals surface area contributed by atoms with E-state index >= 15 is 0 Å². The standard InChI is InChI=1S/C21H22N2O5/c1-5-28-14-6-7-15-12(8-14)9-16(21(22)24)23-19(15)13-10-17(25-2)20(27-4)18(11-13)26-3/h6-11H,5H2,1-4H3,(H2,22,24). The number of hydrogen-bond donors (Lipinski definition) is 1. The van der Waals surface area contributed by atoms with Gasteiger partial charge in [0.25, 0.3) is 5.91 Å². The van der Waals surface area contributed by atoms with Gasteiger partial charge in [0, 0.05) is 10.9 Å². The molecule has 0 aliphatic rings. The van der Waals surface area contributed by atoms with E-state index in [0.29, 0.717) is 40.9 Å². The Morgan fingerprint density at radius 1 is 1.00 bits per heavy atom. The van der Waals surface area contributed by atoms with Crippen molar-refractivity contribution in [3.05, 3.63) is 42.1 Å². The average Bonchev–Trinajstić information content (AvgIpc) is 2.71. The number of pyridine rings is 1. The second-order valence-electron chi connectivity index (χ2n) is 5.95. The lowest BCUT2D eigenvalue weighted by atomic mass is 10.0. The van der Waals surface area contributed by atoms with E-state index in [1.165, 1.54) is 7.11 Å². The number of amides is 1. The predicted octanol–water partition coefficient (Wildman–Crippen LogP) is 3.43. The van der Waals surface area contributed by atoms with E-state index in [1.807, 2.05) is 25.1 Å². The summed E-state index contributed by atoms with van der Waals surface area (Å²) in [6.07, 6.45) is 0. The number of rotatable bonds is 7. The van der Waals surface area contributed by atoms with Crippen molar-refractivity contribution >= 4 is 16.7 Å². The van der Waals surface area contributed by atoms with E-state index in [4.69, 9.17) is 24.7 Å². The van der Waals surface area contributed by atoms with Gasteiger partial charge >= 0.3 is 0 Å². The lowest BCUT2D eigenvalue weighted by molar-refractivity contribution is 0.0996. The van der Waals surface area contributed by atoms with Crippen LogP contribution in [0.25, 0.3) is 22.0 Å². The highest BCUT2D eigenvalue weighted by molar-refractivity contribution is 6.01. The van der Waals surface area contributed by atoms with Gasteiger partial charge in [0.1, 0.15) is 11.4 Å². The SMILES string of the molecule is CCOc1ccc2c(-c3cc(OC)c(OC)c(OC)c3)nc(C(N)=O)cc2c1. The monoisotopic (exact) mass is 382 g/mol. The molecule has 0 saturated carbocycles. The summed E-state index contributed by atoms with van der Waals surface area (Å²) in [6.45, 7) is 2.45. The maximum atomic E-state index is 11.8. The van der Waals surface area contributed by atoms with Crippen LogP contribution in [0.3, 0.4) is 0 Å². The van der Waals surface area contributed by atoms with Gasteiger partial charge in [-0.05, 0) is 48.7 Å². The summed E-state index contributed by atoms with van der Waals surface area (Å²) in [7, 11) is 4.62. The molecule has 1 aromatic heterocycles. The molecule has 0 radical (unpaired) electrons. The molecule has 2 N–H and O–H groups in total. The zero-order valence-corrected chi connectivity index (χ0v) is 16.2. The lowest BCUT2D eigenvalue weighted by Gasteiger charge is -2.15. The summed E-state index contributed by atoms with van der Waals surface area (Å²) in [6, 6.07) is 10.8. The molecule has 28 heavy (non-hydrogen) atoms. The highest BCUT2D eigenvalue weighted by Crippen LogP contribution is 2.42. The number of benzene rings is 2. The molecule has 0 aliphatic heterocycles. The molecule has 0 spiro atoms. The number of carbonyl (C=O) groups is 1. The number of nitrogens with zero attached hydrogens (tertiary/aromatic N) is 1. The third-order valence-corrected chi connectivity index (χ3v) is 4.30. The Bertz CT molecular complexity index is 1010. The first-order valence-electron chi connectivity index (χ1n) is 8.70. The smallest absolute Gasteiger partial charge is 0.267 e. The molecule has 0 fully saturated rings. The fraction of sp³-hybridized carbons (Fsp3) is 0.238. The van der Waals surface area contributed by atoms with Crippen LogP contribution in [-0.4, -0.2) is 38.8 Å². The van der Waals surface area contributed by atoms with Crippen molar-refractivity contribution in [1.29, 1.82) is 0 Å². The number of carbonyl (C=O) groups excluding carboxylic acids is 1. The molecule has 146 valence electrons. The van der Waals surface area contributed by atoms with Crippen LogP contribution in [0.1, 0.15) is 17.4 Å². The van der Waals surface area contributed by atoms with Gasteiger partial charge in [-0.25, -0.2) is 4.98 Å². The predicted molar refractivity (Wildman–Crippen MR) is 107 cm³/mol. The molecule has 2 aromatic carbocycles. The van der Waals surface area contributed by atoms with Crippen molar-refractivity contribution in [3.8, 4) is 34.3 Å². The number of aromatic nitrogens is 1. The van der Waals surface area contributed by atoms with Crippen molar-refractivity contribution in [2.24, 2.45) is 5.73 Å². The Hall–Kier alpha value is -3.48. The summed E-state index contributed by atoms with van der Waals surface area (Å²) in [5, 5.41) is 1.63. The van der Waals surface area contributed by atoms with E-state index in [9.17, 15) is 4.79 Å². The van der Waals surface area contributed by atoms with Gasteiger partial charge in [-0.15, -0.1) is 0 Å². The molecule has 0 aliphatic carbocycles. The van der Waals surface area contributed by atoms with Gasteiger partial charge in [-0.2, -0.15) is 0 Å². The maximum absolute atomic E-state index is 11.8. The average molecular weight is 382 g/mol. The number of ether oxygens (including phenoxy) is 4. The van der Waals surface area contributed by atoms with Crippen molar-refractivity contribution in [2.75, 3.05) is 27.9 Å². The minimum absolute atomic E-state index is 0.157. The van der Waals surface area contributed by atoms with Crippen LogP contribution >= 0.6 is 0 Å². The molecular weight excluding hydrogens is 360 g/mol. The Morgan fingerprint density at radius 3 is 2.21 bits per heavy atom. The van der Waals surface area contributed by atoms with Crippen LogP contribution < -0.4 is 24.7 Å². The Morgan fingerprint density at radius 2 is 1.68 bits per heavy atom. The fourth-order valence-corrected chi connectivity index (χ4v) is 3.06. The van der Waals surface area contributed by atoms with E-state index in [-0.39, 0.29) is 5.69 Å². The van der Waals surface area contributed by atoms with Crippen molar-refractivity contribution in [2.45, 2.75) is 6.92 Å². The summed E-state index contributed by atoms with van der Waals surface area (Å²) in [5.41, 5.74) is 6.94. The number of primary amides is 1. The maximum Gasteiger partial charge on any atom is 0.267 e. The minimum atomic E-state index is -0.614. The molecule has 0 bridgehead atoms. The molecule has 7 heteroatoms. The number of fused-ring (bicyclic) bond motifs is 1. The molecule has 3 aromatic rings. The third kappa shape index (κ3) is 3.51. The molecular formula is C21H22N2O5. The van der Waals surface area contributed by atoms with Gasteiger partial charge in [0.2, 0.25) is 5.75 Å². The topological polar surface area (TPSA) is 92.9 Å². The van der Waals surface area contributed by atoms with Gasteiger partial charge < -0.3 is 24.7 Å². The zero-order chi connectivity index (χ0) is 20.3. The third-order valence-electron chi connectivity index (χ3n) is 4.30. The fourth-order valence-electron chi connectivity index (χ4n) is 3.06. The van der Waals surface area contributed by atoms with Crippen LogP contribution in [0.2, 0.25) is 0 Å². The lowest BCUT2D eigenvalue weighted by Crippen LogP contribution is -2.13. The Kier molecular flexibility index (Phi) is 5.54. The minimum Gasteiger partial charge on any atom is -0.494 e. The molecule has 1 amide bonds. The summed E-state index contributed by atoms with van der Waals surface area (Å²) in [4.78, 5) is 16.3. The van der Waals surface area contributed by atoms with Crippen LogP contribution in [0, 0.1) is 0 Å². The highest BCUT2D eigenvalue weighted by atomic mass is 16.5. The van der Waals surface area contributed by atoms with Crippen LogP contribution in [-0.2, 0) is 0 Å². The Labute approximate surface area is 163 Å². The molecule has 0 saturated heterocycles. The molecule has 0 unspecified atom stereocenters. The highest BCUT2D eigenvalue weighted by Gasteiger charge is 2.18. The second kappa shape index (κ2) is 8.04. The van der Waals surface area contributed by atoms with E-state index in [1.54, 1.807) is 32.4 Å². The number of nitrogens with two attached hydrogens (primary N) is 1. The first-order chi connectivity index (χ1) is 13.5. The summed E-state index contributed by atoms with van der Waals surface area (Å²) in [5.74, 6) is 1.54. The first-order valence-corrected chi connectivity index (χ1v) is 8.70. The quantitative estimate of drug-likeness (QED) is 0.673. The van der Waals surface area contributed by atoms with Crippen LogP contribution in [0.5, 0.6) is 23.0 Å². The van der Waals surface area contributed by atoms with Crippen molar-refractivity contribution in [3.63, 3.8) is 0 Å². The van der Waals surface area contributed by atoms with Gasteiger partial charge in [-0.1, -0.05) is 0 Å². The molecule has 3 rings (SSSR count). The number of methoxy groups -OCH3 is 3.